The Kier molecular flexibility index (Phi) is 3.60. The Hall–Kier alpha value is -2.19. The third kappa shape index (κ3) is 3.22. The van der Waals surface area contributed by atoms with Gasteiger partial charge in [0.1, 0.15) is 18.9 Å². The second-order valence-electron chi connectivity index (χ2n) is 4.00. The van der Waals surface area contributed by atoms with E-state index in [0.717, 1.165) is 18.2 Å². The first-order chi connectivity index (χ1) is 9.26. The Labute approximate surface area is 109 Å². The normalized spacial score (nSPS) is 15.9. The molecule has 1 aliphatic heterocycles. The van der Waals surface area contributed by atoms with Crippen molar-refractivity contribution in [2.75, 3.05) is 13.1 Å². The minimum Gasteiger partial charge on any atom is -0.279 e. The van der Waals surface area contributed by atoms with E-state index in [1.165, 1.54) is 0 Å². The molecule has 0 radical (unpaired) electrons. The summed E-state index contributed by atoms with van der Waals surface area (Å²) in [5.74, 6) is -3.25. The highest BCUT2D eigenvalue weighted by Gasteiger charge is 2.35. The molecule has 0 aromatic heterocycles. The van der Waals surface area contributed by atoms with Gasteiger partial charge in [0.2, 0.25) is 0 Å². The summed E-state index contributed by atoms with van der Waals surface area (Å²) in [5, 5.41) is 0.337. The third-order valence-electron chi connectivity index (χ3n) is 2.44. The van der Waals surface area contributed by atoms with Gasteiger partial charge in [-0.3, -0.25) is 15.2 Å². The molecule has 20 heavy (non-hydrogen) atoms. The van der Waals surface area contributed by atoms with Crippen molar-refractivity contribution in [3.8, 4) is 0 Å². The predicted octanol–water partition coefficient (Wildman–Crippen LogP) is 1.62. The maximum atomic E-state index is 13.1. The summed E-state index contributed by atoms with van der Waals surface area (Å²) >= 11 is 0. The first-order valence-corrected chi connectivity index (χ1v) is 5.40. The Balaban J connectivity index is 2.21. The number of hydrogen-bond donors (Lipinski definition) is 1. The molecule has 4 nitrogen and oxygen atoms in total. The molecule has 1 aliphatic rings. The number of benzene rings is 1. The largest absolute Gasteiger partial charge is 0.408 e. The Morgan fingerprint density at radius 2 is 1.95 bits per heavy atom. The first kappa shape index (κ1) is 14.2. The van der Waals surface area contributed by atoms with Crippen LogP contribution in [0, 0.1) is 11.6 Å². The minimum absolute atomic E-state index is 0.0450. The summed E-state index contributed by atoms with van der Waals surface area (Å²) in [4.78, 5) is 15.0. The van der Waals surface area contributed by atoms with Crippen molar-refractivity contribution in [1.29, 1.82) is 0 Å². The average Bonchev–Trinajstić information content (AvgIpc) is 2.34. The van der Waals surface area contributed by atoms with Gasteiger partial charge >= 0.3 is 6.18 Å². The van der Waals surface area contributed by atoms with Crippen LogP contribution in [0.1, 0.15) is 5.56 Å². The lowest BCUT2D eigenvalue weighted by Gasteiger charge is -2.28. The number of aliphatic imine (C=N–C) groups is 1. The number of carbonyl (C=O) groups excluding carboxylic acids is 1. The molecule has 1 amide bonds. The van der Waals surface area contributed by atoms with Crippen molar-refractivity contribution in [1.82, 2.24) is 10.4 Å². The molecule has 1 aromatic rings. The number of amides is 1. The SMILES string of the molecule is O=C1CN=C(c2ccc(F)c(F)c2)NN1CC(F)(F)F. The molecule has 0 fully saturated rings. The van der Waals surface area contributed by atoms with Crippen molar-refractivity contribution in [2.45, 2.75) is 6.18 Å². The van der Waals surface area contributed by atoms with E-state index >= 15 is 0 Å². The molecule has 0 aliphatic carbocycles. The number of nitrogens with one attached hydrogen (secondary N) is 1. The van der Waals surface area contributed by atoms with Crippen LogP contribution < -0.4 is 5.43 Å². The van der Waals surface area contributed by atoms with E-state index in [9.17, 15) is 26.7 Å². The van der Waals surface area contributed by atoms with E-state index in [1.54, 1.807) is 0 Å². The summed E-state index contributed by atoms with van der Waals surface area (Å²) < 4.78 is 62.7. The number of nitrogens with zero attached hydrogens (tertiary/aromatic N) is 2. The number of rotatable bonds is 2. The van der Waals surface area contributed by atoms with Crippen LogP contribution in [-0.2, 0) is 4.79 Å². The fourth-order valence-electron chi connectivity index (χ4n) is 1.56. The molecule has 1 aromatic carbocycles. The molecule has 0 bridgehead atoms. The zero-order chi connectivity index (χ0) is 14.9. The molecule has 0 saturated heterocycles. The van der Waals surface area contributed by atoms with Crippen molar-refractivity contribution in [2.24, 2.45) is 4.99 Å². The second-order valence-corrected chi connectivity index (χ2v) is 4.00. The summed E-state index contributed by atoms with van der Waals surface area (Å²) in [6, 6.07) is 2.74. The second kappa shape index (κ2) is 5.06. The third-order valence-corrected chi connectivity index (χ3v) is 2.44. The van der Waals surface area contributed by atoms with E-state index in [1.807, 2.05) is 0 Å². The topological polar surface area (TPSA) is 44.7 Å². The van der Waals surface area contributed by atoms with Crippen molar-refractivity contribution in [3.63, 3.8) is 0 Å². The average molecular weight is 293 g/mol. The van der Waals surface area contributed by atoms with E-state index < -0.39 is 36.8 Å². The first-order valence-electron chi connectivity index (χ1n) is 5.40. The highest BCUT2D eigenvalue weighted by Crippen LogP contribution is 2.17. The van der Waals surface area contributed by atoms with Crippen LogP contribution >= 0.6 is 0 Å². The highest BCUT2D eigenvalue weighted by atomic mass is 19.4. The zero-order valence-electron chi connectivity index (χ0n) is 9.84. The molecule has 0 unspecified atom stereocenters. The lowest BCUT2D eigenvalue weighted by atomic mass is 10.2. The number of halogens is 5. The van der Waals surface area contributed by atoms with E-state index in [2.05, 4.69) is 10.4 Å². The van der Waals surface area contributed by atoms with Crippen LogP contribution in [0.15, 0.2) is 23.2 Å². The standard InChI is InChI=1S/C11H8F5N3O/c12-7-2-1-6(3-8(7)13)10-17-4-9(20)19(18-10)5-11(14,15)16/h1-3H,4-5H2,(H,17,18). The van der Waals surface area contributed by atoms with Gasteiger partial charge in [-0.15, -0.1) is 0 Å². The van der Waals surface area contributed by atoms with Gasteiger partial charge in [-0.25, -0.2) is 13.8 Å². The Morgan fingerprint density at radius 1 is 1.25 bits per heavy atom. The molecular formula is C11H8F5N3O. The van der Waals surface area contributed by atoms with Gasteiger partial charge in [0.15, 0.2) is 11.6 Å². The summed E-state index contributed by atoms with van der Waals surface area (Å²) in [5.41, 5.74) is 2.19. The molecule has 108 valence electrons. The summed E-state index contributed by atoms with van der Waals surface area (Å²) in [6.45, 7) is -2.01. The van der Waals surface area contributed by atoms with Crippen molar-refractivity contribution >= 4 is 11.7 Å². The number of amidine groups is 1. The lowest BCUT2D eigenvalue weighted by molar-refractivity contribution is -0.164. The molecule has 0 spiro atoms. The molecule has 9 heteroatoms. The number of hydrogen-bond acceptors (Lipinski definition) is 3. The van der Waals surface area contributed by atoms with Gasteiger partial charge in [-0.1, -0.05) is 0 Å². The van der Waals surface area contributed by atoms with Gasteiger partial charge in [-0.05, 0) is 18.2 Å². The predicted molar refractivity (Wildman–Crippen MR) is 58.7 cm³/mol. The maximum Gasteiger partial charge on any atom is 0.408 e. The van der Waals surface area contributed by atoms with Crippen LogP contribution in [-0.4, -0.2) is 36.0 Å². The molecule has 0 atom stereocenters. The quantitative estimate of drug-likeness (QED) is 0.842. The van der Waals surface area contributed by atoms with Gasteiger partial charge in [-0.2, -0.15) is 13.2 Å². The van der Waals surface area contributed by atoms with Gasteiger partial charge in [0.05, 0.1) is 0 Å². The zero-order valence-corrected chi connectivity index (χ0v) is 9.84. The lowest BCUT2D eigenvalue weighted by Crippen LogP contribution is -2.54. The highest BCUT2D eigenvalue weighted by molar-refractivity contribution is 6.02. The van der Waals surface area contributed by atoms with Gasteiger partial charge in [0.25, 0.3) is 5.91 Å². The summed E-state index contributed by atoms with van der Waals surface area (Å²) in [6.07, 6.45) is -4.58. The molecule has 0 saturated carbocycles. The molecule has 1 N–H and O–H groups in total. The van der Waals surface area contributed by atoms with Crippen LogP contribution in [0.3, 0.4) is 0 Å². The monoisotopic (exact) mass is 293 g/mol. The minimum atomic E-state index is -4.58. The Bertz CT molecular complexity index is 570. The van der Waals surface area contributed by atoms with E-state index in [0.29, 0.717) is 5.01 Å². The van der Waals surface area contributed by atoms with Crippen LogP contribution in [0.4, 0.5) is 22.0 Å². The van der Waals surface area contributed by atoms with Crippen LogP contribution in [0.5, 0.6) is 0 Å². The smallest absolute Gasteiger partial charge is 0.279 e. The van der Waals surface area contributed by atoms with E-state index in [-0.39, 0.29) is 11.4 Å². The number of hydrazine groups is 1. The van der Waals surface area contributed by atoms with Crippen LogP contribution in [0.2, 0.25) is 0 Å². The van der Waals surface area contributed by atoms with Gasteiger partial charge in [0, 0.05) is 5.56 Å². The van der Waals surface area contributed by atoms with Crippen LogP contribution in [0.25, 0.3) is 0 Å². The summed E-state index contributed by atoms with van der Waals surface area (Å²) in [7, 11) is 0. The van der Waals surface area contributed by atoms with Gasteiger partial charge < -0.3 is 0 Å². The maximum absolute atomic E-state index is 13.1. The van der Waals surface area contributed by atoms with Crippen molar-refractivity contribution in [3.05, 3.63) is 35.4 Å². The molecule has 2 rings (SSSR count). The molecule has 1 heterocycles. The van der Waals surface area contributed by atoms with Crippen molar-refractivity contribution < 1.29 is 26.7 Å². The molecular weight excluding hydrogens is 285 g/mol. The van der Waals surface area contributed by atoms with E-state index in [4.69, 9.17) is 0 Å². The number of alkyl halides is 3. The fraction of sp³-hybridized carbons (Fsp3) is 0.273. The Morgan fingerprint density at radius 3 is 2.55 bits per heavy atom. The number of carbonyl (C=O) groups is 1. The fourth-order valence-corrected chi connectivity index (χ4v) is 1.56.